The molecule has 128 valence electrons. The number of aliphatic carboxylic acids is 1. The molecule has 0 aromatic carbocycles. The Labute approximate surface area is 152 Å². The van der Waals surface area contributed by atoms with Gasteiger partial charge in [-0.05, 0) is 18.2 Å². The Morgan fingerprint density at radius 2 is 2.38 bits per heavy atom. The summed E-state index contributed by atoms with van der Waals surface area (Å²) < 4.78 is -0.0482. The monoisotopic (exact) mass is 383 g/mol. The van der Waals surface area contributed by atoms with Crippen molar-refractivity contribution in [2.75, 3.05) is 12.3 Å². The van der Waals surface area contributed by atoms with E-state index in [1.54, 1.807) is 47.6 Å². The molecule has 0 bridgehead atoms. The lowest BCUT2D eigenvalue weighted by molar-refractivity contribution is -0.146. The number of hydrogen-bond donors (Lipinski definition) is 2. The Hall–Kier alpha value is -1.16. The van der Waals surface area contributed by atoms with Crippen molar-refractivity contribution in [3.05, 3.63) is 35.8 Å². The second-order valence-electron chi connectivity index (χ2n) is 5.19. The Morgan fingerprint density at radius 1 is 1.54 bits per heavy atom. The first-order valence-corrected chi connectivity index (χ1v) is 10.4. The first-order chi connectivity index (χ1) is 11.6. The lowest BCUT2D eigenvalue weighted by atomic mass is 10.1. The molecule has 3 rings (SSSR count). The van der Waals surface area contributed by atoms with Gasteiger partial charge in [0.25, 0.3) is 0 Å². The van der Waals surface area contributed by atoms with Crippen LogP contribution < -0.4 is 5.73 Å². The van der Waals surface area contributed by atoms with Gasteiger partial charge in [0.05, 0.1) is 22.1 Å². The van der Waals surface area contributed by atoms with Gasteiger partial charge in [-0.3, -0.25) is 14.7 Å². The van der Waals surface area contributed by atoms with Crippen LogP contribution in [-0.4, -0.2) is 49.1 Å². The highest BCUT2D eigenvalue weighted by atomic mass is 32.2. The largest absolute Gasteiger partial charge is 0.477 e. The average Bonchev–Trinajstić information content (AvgIpc) is 2.55. The lowest BCUT2D eigenvalue weighted by Gasteiger charge is -2.44. The van der Waals surface area contributed by atoms with Crippen LogP contribution in [0.15, 0.2) is 35.0 Å². The maximum Gasteiger partial charge on any atom is 0.352 e. The minimum Gasteiger partial charge on any atom is -0.477 e. The van der Waals surface area contributed by atoms with Crippen LogP contribution in [0, 0.1) is 0 Å². The summed E-state index contributed by atoms with van der Waals surface area (Å²) in [4.78, 5) is 29.9. The fourth-order valence-electron chi connectivity index (χ4n) is 2.44. The van der Waals surface area contributed by atoms with E-state index in [4.69, 9.17) is 5.73 Å². The second kappa shape index (κ2) is 7.81. The highest BCUT2D eigenvalue weighted by molar-refractivity contribution is 8.17. The molecule has 2 aliphatic rings. The predicted molar refractivity (Wildman–Crippen MR) is 97.7 cm³/mol. The third kappa shape index (κ3) is 3.74. The fourth-order valence-corrected chi connectivity index (χ4v) is 6.16. The number of carbonyl (C=O) groups is 2. The molecule has 0 saturated carbocycles. The van der Waals surface area contributed by atoms with Crippen LogP contribution in [0.5, 0.6) is 0 Å². The molecule has 0 radical (unpaired) electrons. The highest BCUT2D eigenvalue weighted by Gasteiger charge is 2.45. The predicted octanol–water partition coefficient (Wildman–Crippen LogP) is 1.97. The van der Waals surface area contributed by atoms with Crippen molar-refractivity contribution in [1.29, 1.82) is 0 Å². The van der Waals surface area contributed by atoms with Crippen LogP contribution in [0.3, 0.4) is 0 Å². The van der Waals surface area contributed by atoms with Gasteiger partial charge in [-0.1, -0.05) is 0 Å². The number of nitrogens with zero attached hydrogens (tertiary/aromatic N) is 2. The number of carboxylic acid groups (broad SMARTS) is 1. The minimum atomic E-state index is -1.05. The van der Waals surface area contributed by atoms with Crippen molar-refractivity contribution in [3.63, 3.8) is 0 Å². The first kappa shape index (κ1) is 17.7. The number of β-lactam (4-membered cyclic amide) rings is 1. The summed E-state index contributed by atoms with van der Waals surface area (Å²) in [6.07, 6.45) is 3.83. The number of hydrogen-bond acceptors (Lipinski definition) is 7. The van der Waals surface area contributed by atoms with Gasteiger partial charge in [-0.2, -0.15) is 11.8 Å². The smallest absolute Gasteiger partial charge is 0.352 e. The molecule has 9 heteroatoms. The van der Waals surface area contributed by atoms with Gasteiger partial charge in [0, 0.05) is 29.1 Å². The van der Waals surface area contributed by atoms with E-state index in [1.807, 2.05) is 12.1 Å². The first-order valence-electron chi connectivity index (χ1n) is 7.41. The van der Waals surface area contributed by atoms with Crippen molar-refractivity contribution >= 4 is 47.2 Å². The van der Waals surface area contributed by atoms with Gasteiger partial charge in [0.15, 0.2) is 0 Å². The summed E-state index contributed by atoms with van der Waals surface area (Å²) in [5.74, 6) is 0.483. The number of thioether (sulfide) groups is 3. The maximum absolute atomic E-state index is 11.6. The molecule has 2 aliphatic heterocycles. The molecule has 1 amide bonds. The molecule has 1 aromatic rings. The van der Waals surface area contributed by atoms with E-state index in [0.29, 0.717) is 13.0 Å². The number of aromatic nitrogens is 1. The SMILES string of the molecule is NCCSCc1ncccc1SC1C=C(C(=O)O)N2C(=O)C[C@H]2S1. The van der Waals surface area contributed by atoms with Crippen molar-refractivity contribution in [2.45, 2.75) is 27.0 Å². The number of carbonyl (C=O) groups excluding carboxylic acids is 1. The zero-order chi connectivity index (χ0) is 17.1. The minimum absolute atomic E-state index is 0.0482. The Balaban J connectivity index is 1.75. The Kier molecular flexibility index (Phi) is 5.75. The van der Waals surface area contributed by atoms with Crippen LogP contribution in [0.4, 0.5) is 0 Å². The van der Waals surface area contributed by atoms with E-state index in [1.165, 1.54) is 4.90 Å². The van der Waals surface area contributed by atoms with Crippen LogP contribution in [0.25, 0.3) is 0 Å². The molecule has 1 fully saturated rings. The lowest BCUT2D eigenvalue weighted by Crippen LogP contribution is -2.53. The van der Waals surface area contributed by atoms with E-state index >= 15 is 0 Å². The van der Waals surface area contributed by atoms with E-state index < -0.39 is 5.97 Å². The maximum atomic E-state index is 11.6. The van der Waals surface area contributed by atoms with Gasteiger partial charge in [-0.25, -0.2) is 4.79 Å². The molecule has 1 aromatic heterocycles. The summed E-state index contributed by atoms with van der Waals surface area (Å²) in [7, 11) is 0. The van der Waals surface area contributed by atoms with E-state index in [-0.39, 0.29) is 21.6 Å². The van der Waals surface area contributed by atoms with Gasteiger partial charge in [0.1, 0.15) is 5.70 Å². The third-order valence-electron chi connectivity index (χ3n) is 3.56. The van der Waals surface area contributed by atoms with Crippen LogP contribution >= 0.6 is 35.3 Å². The molecule has 1 unspecified atom stereocenters. The molecular formula is C15H17N3O3S3. The highest BCUT2D eigenvalue weighted by Crippen LogP contribution is 2.46. The third-order valence-corrected chi connectivity index (χ3v) is 7.28. The Bertz CT molecular complexity index is 683. The number of fused-ring (bicyclic) bond motifs is 1. The van der Waals surface area contributed by atoms with Gasteiger partial charge in [0.2, 0.25) is 5.91 Å². The number of carboxylic acids is 1. The van der Waals surface area contributed by atoms with Crippen molar-refractivity contribution in [2.24, 2.45) is 5.73 Å². The molecule has 6 nitrogen and oxygen atoms in total. The molecule has 0 aliphatic carbocycles. The summed E-state index contributed by atoms with van der Waals surface area (Å²) in [6, 6.07) is 3.89. The van der Waals surface area contributed by atoms with Gasteiger partial charge < -0.3 is 10.8 Å². The van der Waals surface area contributed by atoms with Crippen molar-refractivity contribution < 1.29 is 14.7 Å². The van der Waals surface area contributed by atoms with E-state index in [0.717, 1.165) is 22.1 Å². The average molecular weight is 384 g/mol. The topological polar surface area (TPSA) is 96.5 Å². The summed E-state index contributed by atoms with van der Waals surface area (Å²) >= 11 is 4.93. The standard InChI is InChI=1S/C15H17N3O3S3/c16-3-5-22-8-9-11(2-1-4-17-9)23-14-6-10(15(20)21)18-12(19)7-13(18)24-14/h1-2,4,6,13-14H,3,5,7-8,16H2,(H,20,21)/t13-,14?/m1/s1. The molecule has 0 spiro atoms. The zero-order valence-corrected chi connectivity index (χ0v) is 15.2. The van der Waals surface area contributed by atoms with Crippen molar-refractivity contribution in [1.82, 2.24) is 9.88 Å². The summed E-state index contributed by atoms with van der Waals surface area (Å²) in [5.41, 5.74) is 6.60. The molecule has 2 atom stereocenters. The molecule has 1 saturated heterocycles. The van der Waals surface area contributed by atoms with Crippen LogP contribution in [0.1, 0.15) is 12.1 Å². The molecular weight excluding hydrogens is 366 g/mol. The molecule has 3 heterocycles. The summed E-state index contributed by atoms with van der Waals surface area (Å²) in [5, 5.41) is 9.28. The van der Waals surface area contributed by atoms with Crippen LogP contribution in [0.2, 0.25) is 0 Å². The Morgan fingerprint density at radius 3 is 3.08 bits per heavy atom. The molecule has 3 N–H and O–H groups in total. The number of amides is 1. The van der Waals surface area contributed by atoms with Crippen LogP contribution in [-0.2, 0) is 15.3 Å². The zero-order valence-electron chi connectivity index (χ0n) is 12.8. The number of nitrogens with two attached hydrogens (primary N) is 1. The van der Waals surface area contributed by atoms with E-state index in [9.17, 15) is 14.7 Å². The van der Waals surface area contributed by atoms with Crippen molar-refractivity contribution in [3.8, 4) is 0 Å². The summed E-state index contributed by atoms with van der Waals surface area (Å²) in [6.45, 7) is 0.634. The fraction of sp³-hybridized carbons (Fsp3) is 0.400. The van der Waals surface area contributed by atoms with Gasteiger partial charge >= 0.3 is 5.97 Å². The second-order valence-corrected chi connectivity index (χ2v) is 9.10. The number of pyridine rings is 1. The van der Waals surface area contributed by atoms with E-state index in [2.05, 4.69) is 4.98 Å². The quantitative estimate of drug-likeness (QED) is 0.545. The van der Waals surface area contributed by atoms with Gasteiger partial charge in [-0.15, -0.1) is 23.5 Å². The molecule has 24 heavy (non-hydrogen) atoms. The normalized spacial score (nSPS) is 22.6. The number of rotatable bonds is 7.